The first kappa shape index (κ1) is 27.0. The zero-order chi connectivity index (χ0) is 27.4. The van der Waals surface area contributed by atoms with Crippen molar-refractivity contribution in [1.29, 1.82) is 5.26 Å². The molecule has 0 bridgehead atoms. The van der Waals surface area contributed by atoms with Crippen LogP contribution in [0.25, 0.3) is 17.3 Å². The molecule has 1 saturated heterocycles. The number of carbonyl (C=O) groups excluding carboxylic acids is 1. The van der Waals surface area contributed by atoms with E-state index in [4.69, 9.17) is 4.74 Å². The van der Waals surface area contributed by atoms with Crippen LogP contribution >= 0.6 is 11.3 Å². The number of hydrogen-bond donors (Lipinski definition) is 0. The minimum atomic E-state index is -4.83. The first-order chi connectivity index (χ1) is 18.1. The first-order valence-corrected chi connectivity index (χ1v) is 11.9. The van der Waals surface area contributed by atoms with Gasteiger partial charge in [-0.15, -0.1) is 11.3 Å². The van der Waals surface area contributed by atoms with Crippen LogP contribution in [0.4, 0.5) is 22.0 Å². The number of thiazole rings is 1. The van der Waals surface area contributed by atoms with Gasteiger partial charge < -0.3 is 14.4 Å². The summed E-state index contributed by atoms with van der Waals surface area (Å²) >= 11 is 0.673. The maximum atomic E-state index is 13.9. The van der Waals surface area contributed by atoms with Crippen LogP contribution in [0.2, 0.25) is 0 Å². The van der Waals surface area contributed by atoms with Crippen molar-refractivity contribution in [3.63, 3.8) is 0 Å². The molecule has 1 aliphatic rings. The number of nitrogens with zero attached hydrogens (tertiary/aromatic N) is 3. The number of hydrogen-bond acceptors (Lipinski definition) is 6. The van der Waals surface area contributed by atoms with Crippen LogP contribution < -0.4 is 19.5 Å². The van der Waals surface area contributed by atoms with Crippen molar-refractivity contribution in [2.24, 2.45) is 0 Å². The van der Waals surface area contributed by atoms with E-state index in [-0.39, 0.29) is 41.2 Å². The van der Waals surface area contributed by atoms with Gasteiger partial charge in [0.25, 0.3) is 11.5 Å². The average molecular weight is 551 g/mol. The Morgan fingerprint density at radius 2 is 1.76 bits per heavy atom. The molecule has 1 amide bonds. The molecule has 0 saturated carbocycles. The molecule has 38 heavy (non-hydrogen) atoms. The highest BCUT2D eigenvalue weighted by Gasteiger charge is 2.35. The van der Waals surface area contributed by atoms with Crippen LogP contribution in [0.3, 0.4) is 0 Å². The second-order valence-corrected chi connectivity index (χ2v) is 8.94. The number of alkyl halides is 5. The Kier molecular flexibility index (Phi) is 7.94. The fourth-order valence-corrected chi connectivity index (χ4v) is 4.88. The highest BCUT2D eigenvalue weighted by atomic mass is 32.1. The van der Waals surface area contributed by atoms with E-state index >= 15 is 0 Å². The Morgan fingerprint density at radius 3 is 2.37 bits per heavy atom. The number of aromatic nitrogens is 1. The van der Waals surface area contributed by atoms with E-state index in [0.717, 1.165) is 18.2 Å². The minimum absolute atomic E-state index is 0.0815. The summed E-state index contributed by atoms with van der Waals surface area (Å²) in [6.07, 6.45) is -3.51. The molecular weight excluding hydrogens is 533 g/mol. The number of nitriles is 1. The third-order valence-electron chi connectivity index (χ3n) is 5.51. The molecule has 0 spiro atoms. The zero-order valence-electron chi connectivity index (χ0n) is 19.4. The fraction of sp³-hybridized carbons (Fsp3) is 0.240. The van der Waals surface area contributed by atoms with Crippen LogP contribution in [0, 0.1) is 11.3 Å². The van der Waals surface area contributed by atoms with Crippen LogP contribution in [0.15, 0.2) is 53.3 Å². The highest BCUT2D eigenvalue weighted by Crippen LogP contribution is 2.33. The van der Waals surface area contributed by atoms with Gasteiger partial charge in [0.1, 0.15) is 16.5 Å². The third kappa shape index (κ3) is 5.76. The van der Waals surface area contributed by atoms with Crippen molar-refractivity contribution in [2.45, 2.75) is 12.8 Å². The average Bonchev–Trinajstić information content (AvgIpc) is 3.20. The summed E-state index contributed by atoms with van der Waals surface area (Å²) in [5.74, 6) is -0.868. The Labute approximate surface area is 215 Å². The van der Waals surface area contributed by atoms with Gasteiger partial charge in [-0.05, 0) is 35.9 Å². The molecule has 3 aromatic rings. The SMILES string of the molecule is N#C/C(C(=O)N1CCOCC1)=c1\s/c(=C\c2ccc(OC(F)F)cc2)c(=O)n1-c1ccccc1C(F)(F)F. The largest absolute Gasteiger partial charge is 0.435 e. The van der Waals surface area contributed by atoms with Crippen LogP contribution in [-0.4, -0.2) is 48.3 Å². The van der Waals surface area contributed by atoms with Crippen molar-refractivity contribution < 1.29 is 36.2 Å². The maximum absolute atomic E-state index is 13.9. The number of halogens is 5. The van der Waals surface area contributed by atoms with Crippen molar-refractivity contribution in [1.82, 2.24) is 9.47 Å². The number of benzene rings is 2. The summed E-state index contributed by atoms with van der Waals surface area (Å²) in [5.41, 5.74) is -2.70. The number of morpholine rings is 1. The van der Waals surface area contributed by atoms with Crippen LogP contribution in [0.1, 0.15) is 11.1 Å². The summed E-state index contributed by atoms with van der Waals surface area (Å²) in [6.45, 7) is -2.24. The van der Waals surface area contributed by atoms with Gasteiger partial charge in [-0.25, -0.2) is 0 Å². The van der Waals surface area contributed by atoms with E-state index in [0.29, 0.717) is 21.5 Å². The molecule has 7 nitrogen and oxygen atoms in total. The van der Waals surface area contributed by atoms with E-state index in [2.05, 4.69) is 4.74 Å². The van der Waals surface area contributed by atoms with Crippen LogP contribution in [0.5, 0.6) is 5.75 Å². The Morgan fingerprint density at radius 1 is 1.11 bits per heavy atom. The monoisotopic (exact) mass is 551 g/mol. The summed E-state index contributed by atoms with van der Waals surface area (Å²) in [5, 5.41) is 9.89. The zero-order valence-corrected chi connectivity index (χ0v) is 20.2. The van der Waals surface area contributed by atoms with Gasteiger partial charge in [-0.1, -0.05) is 24.3 Å². The van der Waals surface area contributed by atoms with Gasteiger partial charge in [-0.3, -0.25) is 14.2 Å². The van der Waals surface area contributed by atoms with Crippen molar-refractivity contribution in [3.05, 3.63) is 79.2 Å². The van der Waals surface area contributed by atoms with E-state index in [1.165, 1.54) is 41.3 Å². The molecule has 4 rings (SSSR count). The standard InChI is InChI=1S/C25H18F5N3O4S/c26-24(27)37-16-7-5-15(6-8-16)13-20-22(35)33(19-4-2-1-3-18(19)25(28,29)30)23(38-20)17(14-31)21(34)32-9-11-36-12-10-32/h1-8,13,24H,9-12H2/b20-13-,23-17+. The van der Waals surface area contributed by atoms with Gasteiger partial charge in [-0.2, -0.15) is 27.2 Å². The van der Waals surface area contributed by atoms with Gasteiger partial charge in [0.15, 0.2) is 5.57 Å². The molecule has 0 radical (unpaired) electrons. The molecule has 0 N–H and O–H groups in total. The Hall–Kier alpha value is -4.02. The summed E-state index contributed by atoms with van der Waals surface area (Å²) < 4.78 is 76.3. The molecule has 1 fully saturated rings. The second-order valence-electron chi connectivity index (χ2n) is 7.91. The van der Waals surface area contributed by atoms with Crippen LogP contribution in [-0.2, 0) is 15.7 Å². The van der Waals surface area contributed by atoms with Gasteiger partial charge in [0, 0.05) is 13.1 Å². The predicted molar refractivity (Wildman–Crippen MR) is 127 cm³/mol. The molecule has 2 aromatic carbocycles. The normalized spacial score (nSPS) is 15.4. The molecule has 0 aliphatic carbocycles. The molecule has 0 unspecified atom stereocenters. The number of para-hydroxylation sites is 1. The van der Waals surface area contributed by atoms with E-state index in [1.54, 1.807) is 6.07 Å². The molecule has 1 aliphatic heterocycles. The van der Waals surface area contributed by atoms with Crippen molar-refractivity contribution >= 4 is 28.9 Å². The number of ether oxygens (including phenoxy) is 2. The molecular formula is C25H18F5N3O4S. The fourth-order valence-electron chi connectivity index (χ4n) is 3.79. The number of amides is 1. The van der Waals surface area contributed by atoms with Gasteiger partial charge >= 0.3 is 12.8 Å². The lowest BCUT2D eigenvalue weighted by Crippen LogP contribution is -2.42. The number of rotatable bonds is 5. The lowest BCUT2D eigenvalue weighted by molar-refractivity contribution is -0.137. The minimum Gasteiger partial charge on any atom is -0.435 e. The molecule has 0 atom stereocenters. The lowest BCUT2D eigenvalue weighted by Gasteiger charge is -2.26. The van der Waals surface area contributed by atoms with Gasteiger partial charge in [0.05, 0.1) is 29.0 Å². The van der Waals surface area contributed by atoms with E-state index < -0.39 is 41.1 Å². The second kappa shape index (κ2) is 11.2. The molecule has 13 heteroatoms. The molecule has 1 aromatic heterocycles. The Balaban J connectivity index is 1.98. The molecule has 198 valence electrons. The highest BCUT2D eigenvalue weighted by molar-refractivity contribution is 7.07. The number of carbonyl (C=O) groups is 1. The summed E-state index contributed by atoms with van der Waals surface area (Å²) in [7, 11) is 0. The smallest absolute Gasteiger partial charge is 0.418 e. The Bertz CT molecular complexity index is 1550. The van der Waals surface area contributed by atoms with Crippen molar-refractivity contribution in [3.8, 4) is 17.5 Å². The predicted octanol–water partition coefficient (Wildman–Crippen LogP) is 2.88. The molecule has 2 heterocycles. The third-order valence-corrected chi connectivity index (χ3v) is 6.61. The van der Waals surface area contributed by atoms with Crippen molar-refractivity contribution in [2.75, 3.05) is 26.3 Å². The quantitative estimate of drug-likeness (QED) is 0.456. The van der Waals surface area contributed by atoms with E-state index in [1.807, 2.05) is 0 Å². The topological polar surface area (TPSA) is 84.6 Å². The lowest BCUT2D eigenvalue weighted by atomic mass is 10.1. The summed E-state index contributed by atoms with van der Waals surface area (Å²) in [6, 6.07) is 11.3. The first-order valence-electron chi connectivity index (χ1n) is 11.1. The van der Waals surface area contributed by atoms with Gasteiger partial charge in [0.2, 0.25) is 0 Å². The summed E-state index contributed by atoms with van der Waals surface area (Å²) in [4.78, 5) is 28.0. The van der Waals surface area contributed by atoms with E-state index in [9.17, 15) is 36.8 Å². The maximum Gasteiger partial charge on any atom is 0.418 e.